The highest BCUT2D eigenvalue weighted by Gasteiger charge is 2.36. The fourth-order valence-corrected chi connectivity index (χ4v) is 4.25. The summed E-state index contributed by atoms with van der Waals surface area (Å²) in [6, 6.07) is 0. The molecule has 0 N–H and O–H groups in total. The molecule has 2 heterocycles. The van der Waals surface area contributed by atoms with Crippen LogP contribution in [0.1, 0.15) is 90.2 Å². The maximum atomic E-state index is 12.0. The summed E-state index contributed by atoms with van der Waals surface area (Å²) in [4.78, 5) is 23.8. The van der Waals surface area contributed by atoms with Crippen molar-refractivity contribution < 1.29 is 23.6 Å². The third-order valence-electron chi connectivity index (χ3n) is 6.17. The SMILES string of the molecule is CCCCCCCCCCCC(=O)OC[n+]1cc(C[C@H]2COC(=O)[C@H]2CC)n(C)c1. The molecule has 0 spiro atoms. The van der Waals surface area contributed by atoms with Crippen molar-refractivity contribution in [3.8, 4) is 0 Å². The van der Waals surface area contributed by atoms with Gasteiger partial charge < -0.3 is 9.47 Å². The molecule has 0 aromatic carbocycles. The number of esters is 2. The van der Waals surface area contributed by atoms with Gasteiger partial charge in [-0.2, -0.15) is 0 Å². The van der Waals surface area contributed by atoms with Gasteiger partial charge in [-0.25, -0.2) is 9.13 Å². The van der Waals surface area contributed by atoms with Crippen LogP contribution in [0.15, 0.2) is 12.5 Å². The number of ether oxygens (including phenoxy) is 2. The van der Waals surface area contributed by atoms with Crippen LogP contribution in [0.5, 0.6) is 0 Å². The molecule has 0 aliphatic carbocycles. The molecule has 6 heteroatoms. The number of aryl methyl sites for hydroxylation is 1. The molecule has 0 saturated carbocycles. The standard InChI is InChI=1S/C24H41N2O4/c1-4-6-7-8-9-10-11-12-13-14-23(27)30-19-26-16-21(25(3)18-26)15-20-17-29-24(28)22(20)5-2/h16,18,20,22H,4-15,17,19H2,1-3H3/q+1/t20-,22-/m0/s1. The summed E-state index contributed by atoms with van der Waals surface area (Å²) in [6.07, 6.45) is 17.2. The Hall–Kier alpha value is -1.85. The van der Waals surface area contributed by atoms with Crippen molar-refractivity contribution in [1.29, 1.82) is 0 Å². The predicted molar refractivity (Wildman–Crippen MR) is 115 cm³/mol. The molecule has 1 aromatic heterocycles. The van der Waals surface area contributed by atoms with E-state index in [9.17, 15) is 9.59 Å². The number of imidazole rings is 1. The minimum Gasteiger partial charge on any atom is -0.465 e. The molecule has 1 fully saturated rings. The Morgan fingerprint density at radius 1 is 1.13 bits per heavy atom. The fourth-order valence-electron chi connectivity index (χ4n) is 4.25. The minimum atomic E-state index is -0.128. The third kappa shape index (κ3) is 8.11. The number of carbonyl (C=O) groups is 2. The van der Waals surface area contributed by atoms with E-state index in [1.165, 1.54) is 44.9 Å². The normalized spacial score (nSPS) is 18.6. The van der Waals surface area contributed by atoms with Crippen LogP contribution in [0.4, 0.5) is 0 Å². The van der Waals surface area contributed by atoms with Crippen molar-refractivity contribution >= 4 is 11.9 Å². The highest BCUT2D eigenvalue weighted by Crippen LogP contribution is 2.27. The number of hydrogen-bond acceptors (Lipinski definition) is 4. The van der Waals surface area contributed by atoms with Gasteiger partial charge >= 0.3 is 11.9 Å². The molecule has 0 unspecified atom stereocenters. The van der Waals surface area contributed by atoms with Crippen LogP contribution in [0.2, 0.25) is 0 Å². The van der Waals surface area contributed by atoms with Crippen LogP contribution >= 0.6 is 0 Å². The molecule has 170 valence electrons. The number of aromatic nitrogens is 2. The summed E-state index contributed by atoms with van der Waals surface area (Å²) < 4.78 is 14.6. The largest absolute Gasteiger partial charge is 0.465 e. The number of cyclic esters (lactones) is 1. The Labute approximate surface area is 181 Å². The average Bonchev–Trinajstić information content (AvgIpc) is 3.26. The first-order chi connectivity index (χ1) is 14.5. The van der Waals surface area contributed by atoms with Crippen LogP contribution in [-0.4, -0.2) is 23.1 Å². The molecule has 0 bridgehead atoms. The Kier molecular flexibility index (Phi) is 11.0. The summed E-state index contributed by atoms with van der Waals surface area (Å²) in [7, 11) is 1.98. The minimum absolute atomic E-state index is 0.0116. The van der Waals surface area contributed by atoms with Crippen molar-refractivity contribution in [2.24, 2.45) is 18.9 Å². The summed E-state index contributed by atoms with van der Waals surface area (Å²) >= 11 is 0. The zero-order valence-corrected chi connectivity index (χ0v) is 19.2. The van der Waals surface area contributed by atoms with Gasteiger partial charge in [-0.15, -0.1) is 0 Å². The second-order valence-electron chi connectivity index (χ2n) is 8.69. The summed E-state index contributed by atoms with van der Waals surface area (Å²) in [5.74, 6) is 0.00737. The van der Waals surface area contributed by atoms with Crippen LogP contribution in [-0.2, 0) is 39.3 Å². The molecule has 1 aliphatic rings. The summed E-state index contributed by atoms with van der Waals surface area (Å²) in [6.45, 7) is 5.01. The van der Waals surface area contributed by atoms with Crippen molar-refractivity contribution in [3.05, 3.63) is 18.2 Å². The highest BCUT2D eigenvalue weighted by atomic mass is 16.5. The number of hydrogen-bond donors (Lipinski definition) is 0. The second-order valence-corrected chi connectivity index (χ2v) is 8.69. The lowest BCUT2D eigenvalue weighted by molar-refractivity contribution is -0.727. The van der Waals surface area contributed by atoms with E-state index in [0.29, 0.717) is 13.0 Å². The lowest BCUT2D eigenvalue weighted by Gasteiger charge is -2.10. The van der Waals surface area contributed by atoms with Gasteiger partial charge in [0.25, 0.3) is 0 Å². The zero-order valence-electron chi connectivity index (χ0n) is 19.2. The van der Waals surface area contributed by atoms with E-state index in [2.05, 4.69) is 6.92 Å². The van der Waals surface area contributed by atoms with E-state index in [1.54, 1.807) is 0 Å². The van der Waals surface area contributed by atoms with E-state index in [0.717, 1.165) is 31.4 Å². The van der Waals surface area contributed by atoms with Gasteiger partial charge in [0.05, 0.1) is 19.6 Å². The first-order valence-electron chi connectivity index (χ1n) is 11.9. The molecule has 30 heavy (non-hydrogen) atoms. The van der Waals surface area contributed by atoms with Gasteiger partial charge in [0.15, 0.2) is 0 Å². The smallest absolute Gasteiger partial charge is 0.309 e. The van der Waals surface area contributed by atoms with Gasteiger partial charge in [-0.05, 0) is 12.8 Å². The van der Waals surface area contributed by atoms with Gasteiger partial charge in [-0.1, -0.05) is 65.2 Å². The Balaban J connectivity index is 1.61. The highest BCUT2D eigenvalue weighted by molar-refractivity contribution is 5.74. The quantitative estimate of drug-likeness (QED) is 0.238. The Morgan fingerprint density at radius 2 is 1.80 bits per heavy atom. The third-order valence-corrected chi connectivity index (χ3v) is 6.17. The predicted octanol–water partition coefficient (Wildman–Crippen LogP) is 4.48. The fraction of sp³-hybridized carbons (Fsp3) is 0.792. The molecule has 0 radical (unpaired) electrons. The van der Waals surface area contributed by atoms with Crippen LogP contribution in [0.25, 0.3) is 0 Å². The van der Waals surface area contributed by atoms with E-state index < -0.39 is 0 Å². The number of carbonyl (C=O) groups excluding carboxylic acids is 2. The van der Waals surface area contributed by atoms with Gasteiger partial charge in [0.2, 0.25) is 13.1 Å². The van der Waals surface area contributed by atoms with Crippen LogP contribution in [0.3, 0.4) is 0 Å². The van der Waals surface area contributed by atoms with Gasteiger partial charge in [0, 0.05) is 18.8 Å². The average molecular weight is 422 g/mol. The second kappa shape index (κ2) is 13.5. The molecule has 1 aromatic rings. The lowest BCUT2D eigenvalue weighted by Crippen LogP contribution is -2.33. The molecular weight excluding hydrogens is 380 g/mol. The number of nitrogens with zero attached hydrogens (tertiary/aromatic N) is 2. The van der Waals surface area contributed by atoms with Crippen molar-refractivity contribution in [1.82, 2.24) is 4.57 Å². The van der Waals surface area contributed by atoms with Crippen molar-refractivity contribution in [2.75, 3.05) is 6.61 Å². The van der Waals surface area contributed by atoms with Crippen LogP contribution in [0, 0.1) is 11.8 Å². The molecule has 0 amide bonds. The zero-order chi connectivity index (χ0) is 21.8. The number of rotatable bonds is 15. The van der Waals surface area contributed by atoms with E-state index in [-0.39, 0.29) is 30.5 Å². The lowest BCUT2D eigenvalue weighted by atomic mass is 9.89. The van der Waals surface area contributed by atoms with Gasteiger partial charge in [-0.3, -0.25) is 9.59 Å². The molecular formula is C24H41N2O4+. The van der Waals surface area contributed by atoms with Crippen molar-refractivity contribution in [2.45, 2.75) is 97.6 Å². The molecule has 2 rings (SSSR count). The van der Waals surface area contributed by atoms with E-state index >= 15 is 0 Å². The maximum Gasteiger partial charge on any atom is 0.309 e. The van der Waals surface area contributed by atoms with E-state index in [1.807, 2.05) is 35.6 Å². The topological polar surface area (TPSA) is 61.4 Å². The summed E-state index contributed by atoms with van der Waals surface area (Å²) in [5, 5.41) is 0. The first kappa shape index (κ1) is 24.4. The molecule has 6 nitrogen and oxygen atoms in total. The van der Waals surface area contributed by atoms with Crippen molar-refractivity contribution in [3.63, 3.8) is 0 Å². The Bertz CT molecular complexity index is 656. The molecule has 2 atom stereocenters. The molecule has 1 aliphatic heterocycles. The monoisotopic (exact) mass is 421 g/mol. The van der Waals surface area contributed by atoms with Crippen LogP contribution < -0.4 is 4.57 Å². The summed E-state index contributed by atoms with van der Waals surface area (Å²) in [5.41, 5.74) is 1.12. The van der Waals surface area contributed by atoms with Gasteiger partial charge in [0.1, 0.15) is 11.9 Å². The first-order valence-corrected chi connectivity index (χ1v) is 11.9. The van der Waals surface area contributed by atoms with E-state index in [4.69, 9.17) is 9.47 Å². The molecule has 1 saturated heterocycles. The maximum absolute atomic E-state index is 12.0. The Morgan fingerprint density at radius 3 is 2.47 bits per heavy atom. The number of unbranched alkanes of at least 4 members (excludes halogenated alkanes) is 8.